The minimum absolute atomic E-state index is 0.00433. The van der Waals surface area contributed by atoms with Gasteiger partial charge in [-0.3, -0.25) is 4.79 Å². The van der Waals surface area contributed by atoms with Crippen LogP contribution in [0, 0.1) is 0 Å². The number of rotatable bonds is 6. The molecule has 184 valence electrons. The average molecular weight is 496 g/mol. The highest BCUT2D eigenvalue weighted by Crippen LogP contribution is 2.47. The first kappa shape index (κ1) is 23.6. The first-order valence-electron chi connectivity index (χ1n) is 11.9. The minimum Gasteiger partial charge on any atom is -0.504 e. The third-order valence-corrected chi connectivity index (χ3v) is 7.99. The van der Waals surface area contributed by atoms with Crippen LogP contribution in [0.4, 0.5) is 0 Å². The van der Waals surface area contributed by atoms with Gasteiger partial charge in [0.1, 0.15) is 6.61 Å². The van der Waals surface area contributed by atoms with Gasteiger partial charge in [-0.15, -0.1) is 11.3 Å². The number of ketones is 1. The average Bonchev–Trinajstić information content (AvgIpc) is 3.56. The fraction of sp³-hybridized carbons (Fsp3) is 0.407. The van der Waals surface area contributed by atoms with Crippen molar-refractivity contribution < 1.29 is 28.9 Å². The Kier molecular flexibility index (Phi) is 6.67. The molecule has 2 aliphatic heterocycles. The molecule has 0 bridgehead atoms. The molecular formula is C27H29NO6S. The molecule has 8 heteroatoms. The van der Waals surface area contributed by atoms with Crippen LogP contribution in [0.5, 0.6) is 11.5 Å². The molecule has 1 aromatic carbocycles. The molecule has 1 fully saturated rings. The summed E-state index contributed by atoms with van der Waals surface area (Å²) in [5, 5.41) is 15.6. The number of benzene rings is 1. The zero-order valence-corrected chi connectivity index (χ0v) is 20.7. The van der Waals surface area contributed by atoms with Gasteiger partial charge in [0.05, 0.1) is 18.8 Å². The van der Waals surface area contributed by atoms with Crippen molar-refractivity contribution in [1.82, 2.24) is 5.32 Å². The predicted molar refractivity (Wildman–Crippen MR) is 131 cm³/mol. The molecule has 0 radical (unpaired) electrons. The number of aromatic hydroxyl groups is 1. The van der Waals surface area contributed by atoms with Crippen molar-refractivity contribution in [2.45, 2.75) is 50.5 Å². The predicted octanol–water partition coefficient (Wildman–Crippen LogP) is 4.55. The van der Waals surface area contributed by atoms with Crippen LogP contribution in [0.1, 0.15) is 54.9 Å². The third-order valence-electron chi connectivity index (χ3n) is 6.95. The van der Waals surface area contributed by atoms with Crippen molar-refractivity contribution in [2.24, 2.45) is 0 Å². The quantitative estimate of drug-likeness (QED) is 0.568. The normalized spacial score (nSPS) is 24.3. The fourth-order valence-electron chi connectivity index (χ4n) is 5.26. The summed E-state index contributed by atoms with van der Waals surface area (Å²) in [4.78, 5) is 28.2. The maximum atomic E-state index is 13.6. The van der Waals surface area contributed by atoms with Gasteiger partial charge in [0, 0.05) is 46.7 Å². The van der Waals surface area contributed by atoms with Crippen molar-refractivity contribution in [3.63, 3.8) is 0 Å². The second kappa shape index (κ2) is 9.87. The number of hydrogen-bond donors (Lipinski definition) is 2. The summed E-state index contributed by atoms with van der Waals surface area (Å²) in [7, 11) is 1.47. The number of phenolic OH excluding ortho intramolecular Hbond substituents is 1. The van der Waals surface area contributed by atoms with Gasteiger partial charge in [0.15, 0.2) is 17.3 Å². The van der Waals surface area contributed by atoms with Crippen molar-refractivity contribution in [3.05, 3.63) is 68.7 Å². The van der Waals surface area contributed by atoms with E-state index >= 15 is 0 Å². The number of nitrogens with one attached hydrogen (secondary N) is 1. The first-order chi connectivity index (χ1) is 17.0. The summed E-state index contributed by atoms with van der Waals surface area (Å²) in [6, 6.07) is 9.02. The van der Waals surface area contributed by atoms with E-state index in [0.717, 1.165) is 18.5 Å². The lowest BCUT2D eigenvalue weighted by Crippen LogP contribution is -2.36. The number of hydrogen-bond acceptors (Lipinski definition) is 8. The number of dihydropyridines is 1. The fourth-order valence-corrected chi connectivity index (χ4v) is 6.09. The number of phenols is 1. The molecule has 7 nitrogen and oxygen atoms in total. The molecule has 0 amide bonds. The van der Waals surface area contributed by atoms with Crippen LogP contribution in [0.25, 0.3) is 0 Å². The van der Waals surface area contributed by atoms with Crippen molar-refractivity contribution >= 4 is 23.1 Å². The monoisotopic (exact) mass is 495 g/mol. The highest BCUT2D eigenvalue weighted by atomic mass is 32.1. The minimum atomic E-state index is -0.616. The van der Waals surface area contributed by atoms with Gasteiger partial charge in [-0.25, -0.2) is 4.79 Å². The SMILES string of the molecule is COc1cc([C@@H]2C(C(=O)OC[C@@H]3CCCO3)=C(C)NC3=C2C(=O)C[C@@H](c2cccs2)C3)ccc1O. The third kappa shape index (κ3) is 4.60. The van der Waals surface area contributed by atoms with E-state index < -0.39 is 11.9 Å². The van der Waals surface area contributed by atoms with E-state index in [1.54, 1.807) is 23.5 Å². The van der Waals surface area contributed by atoms with E-state index in [1.807, 2.05) is 18.4 Å². The smallest absolute Gasteiger partial charge is 0.336 e. The maximum absolute atomic E-state index is 13.6. The zero-order valence-electron chi connectivity index (χ0n) is 19.8. The summed E-state index contributed by atoms with van der Waals surface area (Å²) < 4.78 is 16.6. The molecular weight excluding hydrogens is 466 g/mol. The molecule has 0 spiro atoms. The van der Waals surface area contributed by atoms with E-state index in [0.29, 0.717) is 41.9 Å². The molecule has 1 saturated heterocycles. The van der Waals surface area contributed by atoms with Gasteiger partial charge >= 0.3 is 5.97 Å². The highest BCUT2D eigenvalue weighted by Gasteiger charge is 2.42. The number of allylic oxidation sites excluding steroid dienone is 3. The van der Waals surface area contributed by atoms with Crippen LogP contribution >= 0.6 is 11.3 Å². The molecule has 3 aliphatic rings. The molecule has 1 aliphatic carbocycles. The lowest BCUT2D eigenvalue weighted by molar-refractivity contribution is -0.142. The van der Waals surface area contributed by atoms with Crippen LogP contribution in [-0.2, 0) is 19.1 Å². The molecule has 35 heavy (non-hydrogen) atoms. The van der Waals surface area contributed by atoms with Crippen LogP contribution in [0.2, 0.25) is 0 Å². The molecule has 2 aromatic rings. The molecule has 3 heterocycles. The second-order valence-corrected chi connectivity index (χ2v) is 10.2. The van der Waals surface area contributed by atoms with Crippen molar-refractivity contribution in [3.8, 4) is 11.5 Å². The number of ether oxygens (including phenoxy) is 3. The standard InChI is InChI=1S/C27H29NO6S/c1-15-24(27(31)34-14-18-5-3-9-33-18)25(16-7-8-20(29)22(13-16)32-2)26-19(28-15)11-17(12-21(26)30)23-6-4-10-35-23/h4,6-8,10,13,17-18,25,28-29H,3,5,9,11-12,14H2,1-2H3/t17-,18-,25+/m0/s1. The number of esters is 1. The Bertz CT molecular complexity index is 1190. The molecule has 3 atom stereocenters. The van der Waals surface area contributed by atoms with Gasteiger partial charge in [-0.2, -0.15) is 0 Å². The lowest BCUT2D eigenvalue weighted by Gasteiger charge is -2.36. The second-order valence-electron chi connectivity index (χ2n) is 9.20. The van der Waals surface area contributed by atoms with E-state index in [2.05, 4.69) is 11.4 Å². The first-order valence-corrected chi connectivity index (χ1v) is 12.8. The van der Waals surface area contributed by atoms with Crippen LogP contribution < -0.4 is 10.1 Å². The van der Waals surface area contributed by atoms with Gasteiger partial charge in [-0.1, -0.05) is 12.1 Å². The van der Waals surface area contributed by atoms with Crippen LogP contribution in [0.3, 0.4) is 0 Å². The van der Waals surface area contributed by atoms with Crippen molar-refractivity contribution in [2.75, 3.05) is 20.3 Å². The summed E-state index contributed by atoms with van der Waals surface area (Å²) in [6.07, 6.45) is 2.78. The number of methoxy groups -OCH3 is 1. The lowest BCUT2D eigenvalue weighted by atomic mass is 9.72. The molecule has 0 saturated carbocycles. The number of carbonyl (C=O) groups excluding carboxylic acids is 2. The van der Waals surface area contributed by atoms with Crippen LogP contribution in [-0.4, -0.2) is 43.3 Å². The Balaban J connectivity index is 1.53. The topological polar surface area (TPSA) is 94.1 Å². The number of thiophene rings is 1. The Morgan fingerprint density at radius 3 is 2.86 bits per heavy atom. The Hall–Kier alpha value is -3.10. The molecule has 2 N–H and O–H groups in total. The summed E-state index contributed by atoms with van der Waals surface area (Å²) in [6.45, 7) is 2.70. The van der Waals surface area contributed by atoms with Gasteiger partial charge < -0.3 is 24.6 Å². The Labute approximate surface area is 208 Å². The summed E-state index contributed by atoms with van der Waals surface area (Å²) in [5.74, 6) is -0.699. The van der Waals surface area contributed by atoms with E-state index in [4.69, 9.17) is 14.2 Å². The van der Waals surface area contributed by atoms with Gasteiger partial charge in [-0.05, 0) is 55.3 Å². The van der Waals surface area contributed by atoms with E-state index in [1.165, 1.54) is 18.1 Å². The molecule has 0 unspecified atom stereocenters. The van der Waals surface area contributed by atoms with Gasteiger partial charge in [0.2, 0.25) is 0 Å². The molecule has 1 aromatic heterocycles. The summed E-state index contributed by atoms with van der Waals surface area (Å²) in [5.41, 5.74) is 3.18. The van der Waals surface area contributed by atoms with Crippen LogP contribution in [0.15, 0.2) is 58.3 Å². The zero-order chi connectivity index (χ0) is 24.5. The highest BCUT2D eigenvalue weighted by molar-refractivity contribution is 7.10. The number of carbonyl (C=O) groups is 2. The Morgan fingerprint density at radius 1 is 1.29 bits per heavy atom. The molecule has 5 rings (SSSR count). The van der Waals surface area contributed by atoms with E-state index in [9.17, 15) is 14.7 Å². The van der Waals surface area contributed by atoms with E-state index in [-0.39, 0.29) is 35.9 Å². The largest absolute Gasteiger partial charge is 0.504 e. The van der Waals surface area contributed by atoms with Crippen molar-refractivity contribution in [1.29, 1.82) is 0 Å². The maximum Gasteiger partial charge on any atom is 0.336 e. The van der Waals surface area contributed by atoms with Gasteiger partial charge in [0.25, 0.3) is 0 Å². The number of Topliss-reactive ketones (excluding diaryl/α,β-unsaturated/α-hetero) is 1. The summed E-state index contributed by atoms with van der Waals surface area (Å²) >= 11 is 1.65. The Morgan fingerprint density at radius 2 is 2.14 bits per heavy atom.